The molecule has 12 heavy (non-hydrogen) atoms. The molecule has 72 valence electrons. The molecule has 0 aromatic carbocycles. The number of aliphatic hydroxyl groups is 1. The van der Waals surface area contributed by atoms with Gasteiger partial charge in [-0.25, -0.2) is 0 Å². The molecule has 0 aliphatic carbocycles. The molecule has 1 heterocycles. The average molecular weight is 171 g/mol. The molecule has 0 aromatic rings. The Bertz CT molecular complexity index is 124. The quantitative estimate of drug-likeness (QED) is 0.646. The van der Waals surface area contributed by atoms with Crippen LogP contribution in [0, 0.1) is 5.92 Å². The summed E-state index contributed by atoms with van der Waals surface area (Å²) in [5, 5.41) is 9.63. The lowest BCUT2D eigenvalue weighted by Crippen LogP contribution is -2.31. The van der Waals surface area contributed by atoms with Crippen molar-refractivity contribution in [3.63, 3.8) is 0 Å². The summed E-state index contributed by atoms with van der Waals surface area (Å²) in [5.74, 6) is 0.480. The molecule has 2 heteroatoms. The molecule has 1 aliphatic rings. The van der Waals surface area contributed by atoms with Crippen LogP contribution in [0.3, 0.4) is 0 Å². The molecule has 0 bridgehead atoms. The molecule has 1 N–H and O–H groups in total. The van der Waals surface area contributed by atoms with E-state index in [1.54, 1.807) is 0 Å². The van der Waals surface area contributed by atoms with Crippen LogP contribution in [0.25, 0.3) is 0 Å². The van der Waals surface area contributed by atoms with Crippen LogP contribution >= 0.6 is 0 Å². The predicted octanol–water partition coefficient (Wildman–Crippen LogP) is 1.49. The third-order valence-corrected chi connectivity index (χ3v) is 2.97. The number of nitrogens with zero attached hydrogens (tertiary/aromatic N) is 1. The van der Waals surface area contributed by atoms with Crippen molar-refractivity contribution >= 4 is 0 Å². The Hall–Kier alpha value is -0.0800. The van der Waals surface area contributed by atoms with E-state index in [1.807, 2.05) is 0 Å². The van der Waals surface area contributed by atoms with E-state index in [0.717, 1.165) is 25.9 Å². The topological polar surface area (TPSA) is 23.5 Å². The summed E-state index contributed by atoms with van der Waals surface area (Å²) in [6, 6.07) is 0.627. The molecule has 0 unspecified atom stereocenters. The maximum Gasteiger partial charge on any atom is 0.0578 e. The average Bonchev–Trinajstić information content (AvgIpc) is 2.16. The third-order valence-electron chi connectivity index (χ3n) is 2.97. The summed E-state index contributed by atoms with van der Waals surface area (Å²) < 4.78 is 0. The van der Waals surface area contributed by atoms with Crippen LogP contribution in [-0.4, -0.2) is 35.2 Å². The van der Waals surface area contributed by atoms with E-state index in [0.29, 0.717) is 12.0 Å². The van der Waals surface area contributed by atoms with E-state index >= 15 is 0 Å². The number of aliphatic hydroxyl groups excluding tert-OH is 1. The van der Waals surface area contributed by atoms with Gasteiger partial charge in [0.15, 0.2) is 0 Å². The van der Waals surface area contributed by atoms with Gasteiger partial charge in [-0.3, -0.25) is 0 Å². The summed E-state index contributed by atoms with van der Waals surface area (Å²) in [7, 11) is 0. The van der Waals surface area contributed by atoms with Gasteiger partial charge in [0.1, 0.15) is 0 Å². The lowest BCUT2D eigenvalue weighted by molar-refractivity contribution is 0.111. The lowest BCUT2D eigenvalue weighted by Gasteiger charge is -2.23. The number of likely N-dealkylation sites (tertiary alicyclic amines) is 1. The maximum atomic E-state index is 9.63. The Morgan fingerprint density at radius 2 is 1.83 bits per heavy atom. The molecule has 2 atom stereocenters. The molecular formula is C10H21NO. The first kappa shape index (κ1) is 10.0. The molecule has 1 aliphatic heterocycles. The zero-order valence-corrected chi connectivity index (χ0v) is 8.45. The van der Waals surface area contributed by atoms with Gasteiger partial charge in [0.05, 0.1) is 6.10 Å². The Labute approximate surface area is 75.6 Å². The van der Waals surface area contributed by atoms with E-state index < -0.39 is 0 Å². The number of rotatable bonds is 1. The third kappa shape index (κ3) is 2.46. The summed E-state index contributed by atoms with van der Waals surface area (Å²) in [6.07, 6.45) is 2.01. The van der Waals surface area contributed by atoms with E-state index in [1.165, 1.54) is 0 Å². The van der Waals surface area contributed by atoms with E-state index in [4.69, 9.17) is 0 Å². The summed E-state index contributed by atoms with van der Waals surface area (Å²) >= 11 is 0. The molecule has 1 fully saturated rings. The van der Waals surface area contributed by atoms with Crippen molar-refractivity contribution in [3.8, 4) is 0 Å². The number of hydrogen-bond donors (Lipinski definition) is 1. The van der Waals surface area contributed by atoms with Gasteiger partial charge in [-0.2, -0.15) is 0 Å². The minimum atomic E-state index is -0.0752. The van der Waals surface area contributed by atoms with E-state index in [-0.39, 0.29) is 6.10 Å². The highest BCUT2D eigenvalue weighted by Crippen LogP contribution is 2.18. The Morgan fingerprint density at radius 1 is 1.25 bits per heavy atom. The van der Waals surface area contributed by atoms with Crippen LogP contribution in [0.2, 0.25) is 0 Å². The zero-order valence-electron chi connectivity index (χ0n) is 8.45. The van der Waals surface area contributed by atoms with Gasteiger partial charge in [-0.15, -0.1) is 0 Å². The van der Waals surface area contributed by atoms with Crippen molar-refractivity contribution in [2.24, 2.45) is 5.92 Å². The summed E-state index contributed by atoms with van der Waals surface area (Å²) in [6.45, 7) is 8.80. The molecule has 1 saturated heterocycles. The smallest absolute Gasteiger partial charge is 0.0578 e. The SMILES string of the molecule is CC(C)N1CC[C@@H](C)[C@H](O)CC1. The van der Waals surface area contributed by atoms with Gasteiger partial charge in [0.2, 0.25) is 0 Å². The standard InChI is InChI=1S/C10H21NO/c1-8(2)11-6-4-9(3)10(12)5-7-11/h8-10,12H,4-7H2,1-3H3/t9-,10-/m1/s1. The van der Waals surface area contributed by atoms with Crippen molar-refractivity contribution < 1.29 is 5.11 Å². The molecule has 0 radical (unpaired) electrons. The molecule has 0 spiro atoms. The summed E-state index contributed by atoms with van der Waals surface area (Å²) in [4.78, 5) is 2.45. The monoisotopic (exact) mass is 171 g/mol. The first-order valence-electron chi connectivity index (χ1n) is 5.03. The second-order valence-electron chi connectivity index (χ2n) is 4.25. The Kier molecular flexibility index (Phi) is 3.53. The minimum absolute atomic E-state index is 0.0752. The first-order chi connectivity index (χ1) is 5.61. The molecule has 0 saturated carbocycles. The summed E-state index contributed by atoms with van der Waals surface area (Å²) in [5.41, 5.74) is 0. The van der Waals surface area contributed by atoms with Crippen LogP contribution in [0.4, 0.5) is 0 Å². The van der Waals surface area contributed by atoms with Gasteiger partial charge in [0.25, 0.3) is 0 Å². The first-order valence-corrected chi connectivity index (χ1v) is 5.03. The van der Waals surface area contributed by atoms with Crippen LogP contribution in [0.5, 0.6) is 0 Å². The largest absolute Gasteiger partial charge is 0.393 e. The van der Waals surface area contributed by atoms with Gasteiger partial charge in [0, 0.05) is 12.6 Å². The van der Waals surface area contributed by atoms with Crippen molar-refractivity contribution in [3.05, 3.63) is 0 Å². The van der Waals surface area contributed by atoms with Crippen LogP contribution in [0.1, 0.15) is 33.6 Å². The highest BCUT2D eigenvalue weighted by Gasteiger charge is 2.21. The van der Waals surface area contributed by atoms with Crippen LogP contribution in [0.15, 0.2) is 0 Å². The van der Waals surface area contributed by atoms with Gasteiger partial charge in [-0.1, -0.05) is 6.92 Å². The van der Waals surface area contributed by atoms with Crippen molar-refractivity contribution in [1.82, 2.24) is 4.90 Å². The van der Waals surface area contributed by atoms with Gasteiger partial charge in [-0.05, 0) is 39.2 Å². The Balaban J connectivity index is 2.44. The second-order valence-corrected chi connectivity index (χ2v) is 4.25. The van der Waals surface area contributed by atoms with Crippen LogP contribution < -0.4 is 0 Å². The van der Waals surface area contributed by atoms with Crippen molar-refractivity contribution in [1.29, 1.82) is 0 Å². The molecule has 2 nitrogen and oxygen atoms in total. The second kappa shape index (κ2) is 4.24. The fraction of sp³-hybridized carbons (Fsp3) is 1.00. The van der Waals surface area contributed by atoms with E-state index in [2.05, 4.69) is 25.7 Å². The van der Waals surface area contributed by atoms with Crippen LogP contribution in [-0.2, 0) is 0 Å². The van der Waals surface area contributed by atoms with E-state index in [9.17, 15) is 5.11 Å². The molecule has 1 rings (SSSR count). The maximum absolute atomic E-state index is 9.63. The Morgan fingerprint density at radius 3 is 2.42 bits per heavy atom. The highest BCUT2D eigenvalue weighted by atomic mass is 16.3. The molecule has 0 amide bonds. The fourth-order valence-corrected chi connectivity index (χ4v) is 1.77. The predicted molar refractivity (Wildman–Crippen MR) is 51.1 cm³/mol. The lowest BCUT2D eigenvalue weighted by atomic mass is 10.0. The van der Waals surface area contributed by atoms with Crippen molar-refractivity contribution in [2.45, 2.75) is 45.8 Å². The minimum Gasteiger partial charge on any atom is -0.393 e. The van der Waals surface area contributed by atoms with Gasteiger partial charge < -0.3 is 10.0 Å². The fourth-order valence-electron chi connectivity index (χ4n) is 1.77. The zero-order chi connectivity index (χ0) is 9.14. The number of hydrogen-bond acceptors (Lipinski definition) is 2. The van der Waals surface area contributed by atoms with Gasteiger partial charge >= 0.3 is 0 Å². The molecule has 0 aromatic heterocycles. The normalized spacial score (nSPS) is 33.8. The highest BCUT2D eigenvalue weighted by molar-refractivity contribution is 4.75. The molecular weight excluding hydrogens is 150 g/mol. The van der Waals surface area contributed by atoms with Crippen molar-refractivity contribution in [2.75, 3.05) is 13.1 Å².